The van der Waals surface area contributed by atoms with Crippen LogP contribution in [0, 0.1) is 3.57 Å². The van der Waals surface area contributed by atoms with Gasteiger partial charge in [0, 0.05) is 13.7 Å². The number of nitrogens with one attached hydrogen (secondary N) is 1. The minimum atomic E-state index is -3.58. The molecular formula is C15H14BrIN2O3S. The van der Waals surface area contributed by atoms with Gasteiger partial charge >= 0.3 is 0 Å². The van der Waals surface area contributed by atoms with Crippen molar-refractivity contribution in [3.63, 3.8) is 0 Å². The van der Waals surface area contributed by atoms with E-state index in [4.69, 9.17) is 0 Å². The number of halogens is 2. The van der Waals surface area contributed by atoms with Gasteiger partial charge in [-0.15, -0.1) is 0 Å². The molecule has 0 aliphatic carbocycles. The Morgan fingerprint density at radius 1 is 1.22 bits per heavy atom. The lowest BCUT2D eigenvalue weighted by Gasteiger charge is -2.22. The highest BCUT2D eigenvalue weighted by Gasteiger charge is 2.21. The summed E-state index contributed by atoms with van der Waals surface area (Å²) in [6.45, 7) is -0.290. The summed E-state index contributed by atoms with van der Waals surface area (Å²) < 4.78 is 26.9. The van der Waals surface area contributed by atoms with Gasteiger partial charge in [0.2, 0.25) is 15.9 Å². The second-order valence-electron chi connectivity index (χ2n) is 4.80. The van der Waals surface area contributed by atoms with Gasteiger partial charge in [0.05, 0.1) is 11.9 Å². The first-order valence-corrected chi connectivity index (χ1v) is 10.3. The minimum Gasteiger partial charge on any atom is -0.325 e. The average molecular weight is 509 g/mol. The molecular weight excluding hydrogens is 495 g/mol. The highest BCUT2D eigenvalue weighted by Crippen LogP contribution is 2.22. The number of benzene rings is 2. The third-order valence-corrected chi connectivity index (χ3v) is 5.26. The highest BCUT2D eigenvalue weighted by atomic mass is 127. The Morgan fingerprint density at radius 3 is 2.43 bits per heavy atom. The van der Waals surface area contributed by atoms with Crippen LogP contribution in [0.4, 0.5) is 11.4 Å². The predicted molar refractivity (Wildman–Crippen MR) is 104 cm³/mol. The van der Waals surface area contributed by atoms with Crippen molar-refractivity contribution in [1.82, 2.24) is 0 Å². The smallest absolute Gasteiger partial charge is 0.245 e. The maximum atomic E-state index is 12.2. The lowest BCUT2D eigenvalue weighted by Crippen LogP contribution is -2.37. The van der Waals surface area contributed by atoms with Gasteiger partial charge < -0.3 is 5.32 Å². The second kappa shape index (κ2) is 7.63. The molecule has 0 unspecified atom stereocenters. The van der Waals surface area contributed by atoms with Crippen LogP contribution in [0.5, 0.6) is 0 Å². The van der Waals surface area contributed by atoms with Crippen LogP contribution in [0.3, 0.4) is 0 Å². The molecule has 2 aromatic carbocycles. The second-order valence-corrected chi connectivity index (χ2v) is 8.87. The molecule has 0 aromatic heterocycles. The lowest BCUT2D eigenvalue weighted by molar-refractivity contribution is -0.114. The molecule has 23 heavy (non-hydrogen) atoms. The van der Waals surface area contributed by atoms with Crippen molar-refractivity contribution in [2.45, 2.75) is 0 Å². The van der Waals surface area contributed by atoms with Gasteiger partial charge in [0.25, 0.3) is 0 Å². The van der Waals surface area contributed by atoms with Gasteiger partial charge in [0.1, 0.15) is 6.54 Å². The quantitative estimate of drug-likeness (QED) is 0.629. The van der Waals surface area contributed by atoms with Gasteiger partial charge in [0.15, 0.2) is 0 Å². The summed E-state index contributed by atoms with van der Waals surface area (Å²) >= 11 is 5.47. The first-order valence-electron chi connectivity index (χ1n) is 6.54. The SMILES string of the molecule is CS(=O)(=O)N(CC(=O)Nc1ccc(I)cc1)c1cccc(Br)c1. The van der Waals surface area contributed by atoms with Crippen LogP contribution in [0.1, 0.15) is 0 Å². The van der Waals surface area contributed by atoms with E-state index in [1.165, 1.54) is 0 Å². The average Bonchev–Trinajstić information content (AvgIpc) is 2.46. The van der Waals surface area contributed by atoms with Crippen molar-refractivity contribution in [2.75, 3.05) is 22.4 Å². The Morgan fingerprint density at radius 2 is 1.87 bits per heavy atom. The van der Waals surface area contributed by atoms with E-state index in [1.54, 1.807) is 36.4 Å². The summed E-state index contributed by atoms with van der Waals surface area (Å²) in [6.07, 6.45) is 1.08. The third-order valence-electron chi connectivity index (χ3n) is 2.91. The number of amides is 1. The molecule has 1 amide bonds. The Bertz CT molecular complexity index is 810. The molecule has 0 heterocycles. The largest absolute Gasteiger partial charge is 0.325 e. The van der Waals surface area contributed by atoms with Crippen molar-refractivity contribution >= 4 is 65.8 Å². The molecule has 0 fully saturated rings. The van der Waals surface area contributed by atoms with Crippen LogP contribution in [0.2, 0.25) is 0 Å². The molecule has 0 saturated heterocycles. The molecule has 2 rings (SSSR count). The van der Waals surface area contributed by atoms with E-state index in [1.807, 2.05) is 12.1 Å². The topological polar surface area (TPSA) is 66.5 Å². The number of nitrogens with zero attached hydrogens (tertiary/aromatic N) is 1. The number of anilines is 2. The van der Waals surface area contributed by atoms with Crippen molar-refractivity contribution in [1.29, 1.82) is 0 Å². The first kappa shape index (κ1) is 18.2. The molecule has 0 radical (unpaired) electrons. The summed E-state index contributed by atoms with van der Waals surface area (Å²) in [5.41, 5.74) is 1.05. The van der Waals surface area contributed by atoms with E-state index in [0.717, 1.165) is 18.6 Å². The zero-order valence-electron chi connectivity index (χ0n) is 12.2. The number of hydrogen-bond acceptors (Lipinski definition) is 3. The molecule has 0 bridgehead atoms. The standard InChI is InChI=1S/C15H14BrIN2O3S/c1-23(21,22)19(14-4-2-3-11(16)9-14)10-15(20)18-13-7-5-12(17)6-8-13/h2-9H,10H2,1H3,(H,18,20). The van der Waals surface area contributed by atoms with E-state index < -0.39 is 15.9 Å². The zero-order valence-corrected chi connectivity index (χ0v) is 16.7. The molecule has 0 aliphatic heterocycles. The van der Waals surface area contributed by atoms with E-state index in [-0.39, 0.29) is 6.54 Å². The van der Waals surface area contributed by atoms with Crippen molar-refractivity contribution in [2.24, 2.45) is 0 Å². The van der Waals surface area contributed by atoms with E-state index in [2.05, 4.69) is 43.8 Å². The molecule has 5 nitrogen and oxygen atoms in total. The molecule has 0 aliphatic rings. The number of hydrogen-bond donors (Lipinski definition) is 1. The highest BCUT2D eigenvalue weighted by molar-refractivity contribution is 14.1. The van der Waals surface area contributed by atoms with Gasteiger partial charge in [-0.2, -0.15) is 0 Å². The molecule has 2 aromatic rings. The fourth-order valence-corrected chi connectivity index (χ4v) is 3.49. The van der Waals surface area contributed by atoms with Gasteiger partial charge in [-0.25, -0.2) is 8.42 Å². The van der Waals surface area contributed by atoms with Gasteiger partial charge in [-0.1, -0.05) is 22.0 Å². The summed E-state index contributed by atoms with van der Waals surface area (Å²) in [4.78, 5) is 12.2. The van der Waals surface area contributed by atoms with Crippen molar-refractivity contribution < 1.29 is 13.2 Å². The molecule has 1 N–H and O–H groups in total. The van der Waals surface area contributed by atoms with E-state index >= 15 is 0 Å². The van der Waals surface area contributed by atoms with Crippen LogP contribution in [0.15, 0.2) is 53.0 Å². The first-order chi connectivity index (χ1) is 10.8. The number of carbonyl (C=O) groups is 1. The van der Waals surface area contributed by atoms with E-state index in [9.17, 15) is 13.2 Å². The Kier molecular flexibility index (Phi) is 6.04. The van der Waals surface area contributed by atoms with Gasteiger partial charge in [-0.3, -0.25) is 9.10 Å². The summed E-state index contributed by atoms with van der Waals surface area (Å²) in [7, 11) is -3.58. The summed E-state index contributed by atoms with van der Waals surface area (Å²) in [5.74, 6) is -0.406. The minimum absolute atomic E-state index is 0.290. The van der Waals surface area contributed by atoms with Crippen LogP contribution in [0.25, 0.3) is 0 Å². The van der Waals surface area contributed by atoms with Crippen LogP contribution in [-0.2, 0) is 14.8 Å². The predicted octanol–water partition coefficient (Wildman–Crippen LogP) is 3.46. The lowest BCUT2D eigenvalue weighted by atomic mass is 10.3. The Balaban J connectivity index is 2.18. The van der Waals surface area contributed by atoms with Crippen LogP contribution in [-0.4, -0.2) is 27.1 Å². The van der Waals surface area contributed by atoms with Crippen molar-refractivity contribution in [3.05, 3.63) is 56.6 Å². The van der Waals surface area contributed by atoms with Crippen LogP contribution >= 0.6 is 38.5 Å². The fraction of sp³-hybridized carbons (Fsp3) is 0.133. The zero-order chi connectivity index (χ0) is 17.0. The normalized spacial score (nSPS) is 11.1. The number of sulfonamides is 1. The molecule has 0 saturated carbocycles. The Hall–Kier alpha value is -1.13. The summed E-state index contributed by atoms with van der Waals surface area (Å²) in [5, 5.41) is 2.70. The third kappa shape index (κ3) is 5.47. The summed E-state index contributed by atoms with van der Waals surface area (Å²) in [6, 6.07) is 14.1. The fourth-order valence-electron chi connectivity index (χ4n) is 1.90. The van der Waals surface area contributed by atoms with Crippen molar-refractivity contribution in [3.8, 4) is 0 Å². The monoisotopic (exact) mass is 508 g/mol. The van der Waals surface area contributed by atoms with Gasteiger partial charge in [-0.05, 0) is 65.1 Å². The number of rotatable bonds is 5. The molecule has 0 atom stereocenters. The van der Waals surface area contributed by atoms with E-state index in [0.29, 0.717) is 11.4 Å². The number of carbonyl (C=O) groups excluding carboxylic acids is 1. The Labute approximate surface area is 157 Å². The maximum Gasteiger partial charge on any atom is 0.245 e. The van der Waals surface area contributed by atoms with Crippen LogP contribution < -0.4 is 9.62 Å². The molecule has 122 valence electrons. The molecule has 0 spiro atoms. The molecule has 8 heteroatoms. The maximum absolute atomic E-state index is 12.2.